The number of nitrogens with one attached hydrogen (secondary N) is 1. The Morgan fingerprint density at radius 3 is 2.75 bits per heavy atom. The molecular weight excluding hydrogens is 198 g/mol. The minimum Gasteiger partial charge on any atom is -0.326 e. The van der Waals surface area contributed by atoms with Crippen molar-refractivity contribution in [2.75, 3.05) is 26.7 Å². The first-order valence-electron chi connectivity index (χ1n) is 6.93. The second kappa shape index (κ2) is 5.99. The van der Waals surface area contributed by atoms with Crippen LogP contribution in [0, 0.1) is 5.92 Å². The van der Waals surface area contributed by atoms with E-state index in [4.69, 9.17) is 5.73 Å². The fourth-order valence-electron chi connectivity index (χ4n) is 3.15. The first kappa shape index (κ1) is 12.3. The summed E-state index contributed by atoms with van der Waals surface area (Å²) in [6, 6.07) is 0.993. The summed E-state index contributed by atoms with van der Waals surface area (Å²) in [5, 5.41) is 3.67. The van der Waals surface area contributed by atoms with Crippen molar-refractivity contribution in [3.05, 3.63) is 0 Å². The van der Waals surface area contributed by atoms with Gasteiger partial charge in [-0.3, -0.25) is 0 Å². The second-order valence-corrected chi connectivity index (χ2v) is 5.71. The molecular formula is C13H27N3. The maximum absolute atomic E-state index is 6.12. The fraction of sp³-hybridized carbons (Fsp3) is 1.00. The van der Waals surface area contributed by atoms with E-state index in [9.17, 15) is 0 Å². The van der Waals surface area contributed by atoms with Crippen molar-refractivity contribution in [1.82, 2.24) is 10.2 Å². The Balaban J connectivity index is 1.60. The van der Waals surface area contributed by atoms with E-state index >= 15 is 0 Å². The van der Waals surface area contributed by atoms with Gasteiger partial charge < -0.3 is 16.0 Å². The van der Waals surface area contributed by atoms with E-state index in [0.717, 1.165) is 12.5 Å². The van der Waals surface area contributed by atoms with E-state index in [0.29, 0.717) is 12.1 Å². The molecule has 3 unspecified atom stereocenters. The van der Waals surface area contributed by atoms with Gasteiger partial charge in [-0.1, -0.05) is 12.8 Å². The molecule has 1 saturated carbocycles. The smallest absolute Gasteiger partial charge is 0.0219 e. The topological polar surface area (TPSA) is 41.3 Å². The lowest BCUT2D eigenvalue weighted by Gasteiger charge is -2.29. The maximum Gasteiger partial charge on any atom is 0.0219 e. The zero-order valence-electron chi connectivity index (χ0n) is 10.6. The summed E-state index contributed by atoms with van der Waals surface area (Å²) in [6.45, 7) is 3.74. The largest absolute Gasteiger partial charge is 0.326 e. The van der Waals surface area contributed by atoms with Gasteiger partial charge in [0, 0.05) is 18.6 Å². The predicted octanol–water partition coefficient (Wildman–Crippen LogP) is 1.19. The summed E-state index contributed by atoms with van der Waals surface area (Å²) >= 11 is 0. The van der Waals surface area contributed by atoms with E-state index in [1.54, 1.807) is 0 Å². The van der Waals surface area contributed by atoms with Gasteiger partial charge in [0.1, 0.15) is 0 Å². The lowest BCUT2D eigenvalue weighted by molar-refractivity contribution is 0.316. The molecule has 1 aliphatic heterocycles. The highest BCUT2D eigenvalue weighted by Crippen LogP contribution is 2.19. The molecule has 1 heterocycles. The van der Waals surface area contributed by atoms with E-state index in [2.05, 4.69) is 17.3 Å². The van der Waals surface area contributed by atoms with Crippen LogP contribution >= 0.6 is 0 Å². The van der Waals surface area contributed by atoms with Crippen LogP contribution < -0.4 is 11.1 Å². The summed E-state index contributed by atoms with van der Waals surface area (Å²) in [4.78, 5) is 2.44. The number of nitrogens with two attached hydrogens (primary N) is 1. The van der Waals surface area contributed by atoms with Crippen molar-refractivity contribution in [2.24, 2.45) is 11.7 Å². The molecule has 2 fully saturated rings. The molecule has 0 aromatic heterocycles. The summed E-state index contributed by atoms with van der Waals surface area (Å²) in [7, 11) is 2.23. The molecule has 0 bridgehead atoms. The predicted molar refractivity (Wildman–Crippen MR) is 68.5 cm³/mol. The number of nitrogens with zero attached hydrogens (tertiary/aromatic N) is 1. The van der Waals surface area contributed by atoms with Crippen LogP contribution in [-0.2, 0) is 0 Å². The Morgan fingerprint density at radius 1 is 1.25 bits per heavy atom. The number of hydrogen-bond donors (Lipinski definition) is 2. The van der Waals surface area contributed by atoms with Crippen molar-refractivity contribution in [1.29, 1.82) is 0 Å². The highest BCUT2D eigenvalue weighted by Gasteiger charge is 2.22. The molecule has 94 valence electrons. The monoisotopic (exact) mass is 225 g/mol. The number of hydrogen-bond acceptors (Lipinski definition) is 3. The Labute approximate surface area is 99.8 Å². The Morgan fingerprint density at radius 2 is 2.06 bits per heavy atom. The number of rotatable bonds is 4. The van der Waals surface area contributed by atoms with E-state index in [1.165, 1.54) is 51.6 Å². The molecule has 0 aromatic carbocycles. The molecule has 0 aromatic rings. The molecule has 1 aliphatic carbocycles. The molecule has 0 spiro atoms. The zero-order valence-corrected chi connectivity index (χ0v) is 10.6. The fourth-order valence-corrected chi connectivity index (χ4v) is 3.15. The molecule has 3 nitrogen and oxygen atoms in total. The van der Waals surface area contributed by atoms with E-state index in [1.807, 2.05) is 0 Å². The molecule has 1 saturated heterocycles. The van der Waals surface area contributed by atoms with Crippen molar-refractivity contribution >= 4 is 0 Å². The quantitative estimate of drug-likeness (QED) is 0.755. The van der Waals surface area contributed by atoms with Crippen molar-refractivity contribution < 1.29 is 0 Å². The van der Waals surface area contributed by atoms with Gasteiger partial charge in [-0.15, -0.1) is 0 Å². The Bertz CT molecular complexity index is 207. The SMILES string of the molecule is CN1CCC(CCNC2CCCCC2N)C1. The Kier molecular flexibility index (Phi) is 4.62. The standard InChI is InChI=1S/C13H27N3/c1-16-9-7-11(10-16)6-8-15-13-5-3-2-4-12(13)14/h11-13,15H,2-10,14H2,1H3. The van der Waals surface area contributed by atoms with Gasteiger partial charge in [0.15, 0.2) is 0 Å². The van der Waals surface area contributed by atoms with Gasteiger partial charge in [-0.2, -0.15) is 0 Å². The first-order valence-corrected chi connectivity index (χ1v) is 6.93. The van der Waals surface area contributed by atoms with Crippen LogP contribution in [0.4, 0.5) is 0 Å². The normalized spacial score (nSPS) is 36.8. The zero-order chi connectivity index (χ0) is 11.4. The average molecular weight is 225 g/mol. The van der Waals surface area contributed by atoms with Crippen LogP contribution in [0.3, 0.4) is 0 Å². The first-order chi connectivity index (χ1) is 7.75. The highest BCUT2D eigenvalue weighted by molar-refractivity contribution is 4.84. The molecule has 3 atom stereocenters. The lowest BCUT2D eigenvalue weighted by atomic mass is 9.91. The van der Waals surface area contributed by atoms with Gasteiger partial charge in [-0.05, 0) is 51.7 Å². The van der Waals surface area contributed by atoms with Crippen molar-refractivity contribution in [2.45, 2.75) is 50.6 Å². The van der Waals surface area contributed by atoms with Crippen LogP contribution in [0.2, 0.25) is 0 Å². The molecule has 0 amide bonds. The van der Waals surface area contributed by atoms with Crippen LogP contribution in [0.5, 0.6) is 0 Å². The van der Waals surface area contributed by atoms with E-state index < -0.39 is 0 Å². The molecule has 2 rings (SSSR count). The van der Waals surface area contributed by atoms with Gasteiger partial charge in [0.2, 0.25) is 0 Å². The van der Waals surface area contributed by atoms with Gasteiger partial charge in [-0.25, -0.2) is 0 Å². The van der Waals surface area contributed by atoms with Crippen LogP contribution in [0.15, 0.2) is 0 Å². The molecule has 3 N–H and O–H groups in total. The summed E-state index contributed by atoms with van der Waals surface area (Å²) in [6.07, 6.45) is 7.89. The Hall–Kier alpha value is -0.120. The lowest BCUT2D eigenvalue weighted by Crippen LogP contribution is -2.47. The van der Waals surface area contributed by atoms with Crippen molar-refractivity contribution in [3.63, 3.8) is 0 Å². The third-order valence-corrected chi connectivity index (χ3v) is 4.27. The van der Waals surface area contributed by atoms with Gasteiger partial charge in [0.25, 0.3) is 0 Å². The maximum atomic E-state index is 6.12. The molecule has 16 heavy (non-hydrogen) atoms. The molecule has 2 aliphatic rings. The summed E-state index contributed by atoms with van der Waals surface area (Å²) in [5.74, 6) is 0.914. The van der Waals surface area contributed by atoms with E-state index in [-0.39, 0.29) is 0 Å². The third kappa shape index (κ3) is 3.44. The highest BCUT2D eigenvalue weighted by atomic mass is 15.1. The minimum absolute atomic E-state index is 0.403. The average Bonchev–Trinajstić information content (AvgIpc) is 2.67. The summed E-state index contributed by atoms with van der Waals surface area (Å²) < 4.78 is 0. The van der Waals surface area contributed by atoms with Crippen LogP contribution in [-0.4, -0.2) is 43.7 Å². The molecule has 0 radical (unpaired) electrons. The minimum atomic E-state index is 0.403. The van der Waals surface area contributed by atoms with Crippen LogP contribution in [0.25, 0.3) is 0 Å². The van der Waals surface area contributed by atoms with Gasteiger partial charge >= 0.3 is 0 Å². The second-order valence-electron chi connectivity index (χ2n) is 5.71. The third-order valence-electron chi connectivity index (χ3n) is 4.27. The van der Waals surface area contributed by atoms with Gasteiger partial charge in [0.05, 0.1) is 0 Å². The van der Waals surface area contributed by atoms with Crippen LogP contribution in [0.1, 0.15) is 38.5 Å². The molecule has 3 heteroatoms. The van der Waals surface area contributed by atoms with Crippen molar-refractivity contribution in [3.8, 4) is 0 Å². The number of likely N-dealkylation sites (tertiary alicyclic amines) is 1. The summed E-state index contributed by atoms with van der Waals surface area (Å²) in [5.41, 5.74) is 6.12.